The van der Waals surface area contributed by atoms with Crippen molar-refractivity contribution in [3.05, 3.63) is 22.3 Å². The van der Waals surface area contributed by atoms with Gasteiger partial charge in [-0.15, -0.1) is 0 Å². The van der Waals surface area contributed by atoms with Gasteiger partial charge < -0.3 is 5.32 Å². The summed E-state index contributed by atoms with van der Waals surface area (Å²) >= 11 is 3.36. The van der Waals surface area contributed by atoms with Gasteiger partial charge >= 0.3 is 0 Å². The Morgan fingerprint density at radius 2 is 2.20 bits per heavy atom. The predicted octanol–water partition coefficient (Wildman–Crippen LogP) is 3.14. The molecule has 1 amide bonds. The van der Waals surface area contributed by atoms with Crippen LogP contribution in [0.4, 0.5) is 5.82 Å². The Bertz CT molecular complexity index is 364. The number of nitrogens with one attached hydrogen (secondary N) is 1. The molecule has 1 N–H and O–H groups in total. The lowest BCUT2D eigenvalue weighted by atomic mass is 10.1. The highest BCUT2D eigenvalue weighted by molar-refractivity contribution is 9.10. The number of aryl methyl sites for hydroxylation is 1. The number of carbonyl (C=O) groups excluding carboxylic acids is 1. The quantitative estimate of drug-likeness (QED) is 0.917. The van der Waals surface area contributed by atoms with E-state index in [4.69, 9.17) is 0 Å². The standard InChI is InChI=1S/C11H15BrN2O/c1-7(2)6-11(15)14-10-5-4-9(12)8(3)13-10/h4-5,7H,6H2,1-3H3,(H,13,14,15). The number of carbonyl (C=O) groups is 1. The summed E-state index contributed by atoms with van der Waals surface area (Å²) in [5, 5.41) is 2.77. The molecule has 0 bridgehead atoms. The van der Waals surface area contributed by atoms with Crippen molar-refractivity contribution >= 4 is 27.7 Å². The van der Waals surface area contributed by atoms with Crippen LogP contribution in [0.15, 0.2) is 16.6 Å². The van der Waals surface area contributed by atoms with Gasteiger partial charge in [0.2, 0.25) is 5.91 Å². The van der Waals surface area contributed by atoms with Crippen molar-refractivity contribution in [3.63, 3.8) is 0 Å². The minimum atomic E-state index is 0.0132. The number of pyridine rings is 1. The second-order valence-electron chi connectivity index (χ2n) is 3.91. The molecule has 0 radical (unpaired) electrons. The van der Waals surface area contributed by atoms with E-state index in [2.05, 4.69) is 26.2 Å². The predicted molar refractivity (Wildman–Crippen MR) is 64.8 cm³/mol. The number of anilines is 1. The van der Waals surface area contributed by atoms with Crippen LogP contribution in [0.3, 0.4) is 0 Å². The van der Waals surface area contributed by atoms with Crippen molar-refractivity contribution in [2.75, 3.05) is 5.32 Å². The lowest BCUT2D eigenvalue weighted by molar-refractivity contribution is -0.116. The summed E-state index contributed by atoms with van der Waals surface area (Å²) in [4.78, 5) is 15.7. The molecule has 3 nitrogen and oxygen atoms in total. The van der Waals surface area contributed by atoms with Crippen LogP contribution in [0, 0.1) is 12.8 Å². The zero-order chi connectivity index (χ0) is 11.4. The SMILES string of the molecule is Cc1nc(NC(=O)CC(C)C)ccc1Br. The van der Waals surface area contributed by atoms with Crippen LogP contribution in [0.25, 0.3) is 0 Å². The second kappa shape index (κ2) is 5.26. The fourth-order valence-electron chi connectivity index (χ4n) is 1.18. The van der Waals surface area contributed by atoms with Gasteiger partial charge in [-0.05, 0) is 40.9 Å². The van der Waals surface area contributed by atoms with Gasteiger partial charge in [0.15, 0.2) is 0 Å². The van der Waals surface area contributed by atoms with Crippen LogP contribution in [0.1, 0.15) is 26.0 Å². The minimum Gasteiger partial charge on any atom is -0.311 e. The van der Waals surface area contributed by atoms with Crippen molar-refractivity contribution in [2.45, 2.75) is 27.2 Å². The van der Waals surface area contributed by atoms with E-state index in [1.165, 1.54) is 0 Å². The maximum absolute atomic E-state index is 11.5. The molecular formula is C11H15BrN2O. The first kappa shape index (κ1) is 12.2. The van der Waals surface area contributed by atoms with Crippen LogP contribution in [-0.4, -0.2) is 10.9 Å². The van der Waals surface area contributed by atoms with E-state index >= 15 is 0 Å². The van der Waals surface area contributed by atoms with Gasteiger partial charge in [-0.3, -0.25) is 4.79 Å². The van der Waals surface area contributed by atoms with Crippen molar-refractivity contribution in [1.29, 1.82) is 0 Å². The molecule has 0 aliphatic heterocycles. The normalized spacial score (nSPS) is 10.5. The summed E-state index contributed by atoms with van der Waals surface area (Å²) in [5.41, 5.74) is 0.873. The molecule has 0 unspecified atom stereocenters. The molecule has 1 heterocycles. The first-order chi connectivity index (χ1) is 6.99. The number of aromatic nitrogens is 1. The Labute approximate surface area is 98.4 Å². The number of amides is 1. The smallest absolute Gasteiger partial charge is 0.225 e. The fourth-order valence-corrected chi connectivity index (χ4v) is 1.40. The van der Waals surface area contributed by atoms with Crippen molar-refractivity contribution in [1.82, 2.24) is 4.98 Å². The van der Waals surface area contributed by atoms with Gasteiger partial charge in [0.25, 0.3) is 0 Å². The highest BCUT2D eigenvalue weighted by atomic mass is 79.9. The molecule has 0 aliphatic carbocycles. The molecule has 0 saturated heterocycles. The molecule has 4 heteroatoms. The third-order valence-electron chi connectivity index (χ3n) is 1.88. The molecule has 82 valence electrons. The topological polar surface area (TPSA) is 42.0 Å². The summed E-state index contributed by atoms with van der Waals surface area (Å²) in [5.74, 6) is 0.988. The molecule has 0 saturated carbocycles. The number of halogens is 1. The lowest BCUT2D eigenvalue weighted by Gasteiger charge is -2.07. The third-order valence-corrected chi connectivity index (χ3v) is 2.72. The van der Waals surface area contributed by atoms with Gasteiger partial charge in [0, 0.05) is 10.9 Å². The second-order valence-corrected chi connectivity index (χ2v) is 4.76. The summed E-state index contributed by atoms with van der Waals surface area (Å²) in [6.45, 7) is 5.92. The zero-order valence-electron chi connectivity index (χ0n) is 9.17. The first-order valence-electron chi connectivity index (χ1n) is 4.92. The molecule has 1 rings (SSSR count). The molecule has 0 aliphatic rings. The van der Waals surface area contributed by atoms with E-state index in [1.807, 2.05) is 26.8 Å². The first-order valence-corrected chi connectivity index (χ1v) is 5.71. The third kappa shape index (κ3) is 4.00. The highest BCUT2D eigenvalue weighted by Gasteiger charge is 2.06. The van der Waals surface area contributed by atoms with Crippen LogP contribution >= 0.6 is 15.9 Å². The molecule has 1 aromatic rings. The van der Waals surface area contributed by atoms with Gasteiger partial charge in [-0.25, -0.2) is 4.98 Å². The largest absolute Gasteiger partial charge is 0.311 e. The summed E-state index contributed by atoms with van der Waals surface area (Å²) < 4.78 is 0.948. The van der Waals surface area contributed by atoms with Gasteiger partial charge in [-0.1, -0.05) is 13.8 Å². The maximum Gasteiger partial charge on any atom is 0.225 e. The van der Waals surface area contributed by atoms with Gasteiger partial charge in [-0.2, -0.15) is 0 Å². The van der Waals surface area contributed by atoms with Gasteiger partial charge in [0.05, 0.1) is 5.69 Å². The highest BCUT2D eigenvalue weighted by Crippen LogP contribution is 2.16. The average Bonchev–Trinajstić information content (AvgIpc) is 2.10. The van der Waals surface area contributed by atoms with Crippen LogP contribution < -0.4 is 5.32 Å². The minimum absolute atomic E-state index is 0.0132. The van der Waals surface area contributed by atoms with Crippen LogP contribution in [0.5, 0.6) is 0 Å². The van der Waals surface area contributed by atoms with E-state index in [0.29, 0.717) is 18.2 Å². The number of hydrogen-bond acceptors (Lipinski definition) is 2. The molecule has 15 heavy (non-hydrogen) atoms. The van der Waals surface area contributed by atoms with E-state index < -0.39 is 0 Å². The van der Waals surface area contributed by atoms with Crippen LogP contribution in [-0.2, 0) is 4.79 Å². The molecule has 0 fully saturated rings. The molecule has 1 aromatic heterocycles. The zero-order valence-corrected chi connectivity index (χ0v) is 10.8. The Morgan fingerprint density at radius 3 is 2.73 bits per heavy atom. The molecule has 0 aromatic carbocycles. The summed E-state index contributed by atoms with van der Waals surface area (Å²) in [7, 11) is 0. The molecule has 0 atom stereocenters. The number of nitrogens with zero attached hydrogens (tertiary/aromatic N) is 1. The van der Waals surface area contributed by atoms with Crippen molar-refractivity contribution in [3.8, 4) is 0 Å². The Hall–Kier alpha value is -0.900. The van der Waals surface area contributed by atoms with E-state index in [0.717, 1.165) is 10.2 Å². The number of rotatable bonds is 3. The fraction of sp³-hybridized carbons (Fsp3) is 0.455. The lowest BCUT2D eigenvalue weighted by Crippen LogP contribution is -2.14. The Balaban J connectivity index is 2.65. The summed E-state index contributed by atoms with van der Waals surface area (Å²) in [6, 6.07) is 3.67. The van der Waals surface area contributed by atoms with E-state index in [-0.39, 0.29) is 5.91 Å². The Morgan fingerprint density at radius 1 is 1.53 bits per heavy atom. The average molecular weight is 271 g/mol. The van der Waals surface area contributed by atoms with Crippen LogP contribution in [0.2, 0.25) is 0 Å². The van der Waals surface area contributed by atoms with E-state index in [1.54, 1.807) is 6.07 Å². The maximum atomic E-state index is 11.5. The van der Waals surface area contributed by atoms with Gasteiger partial charge in [0.1, 0.15) is 5.82 Å². The van der Waals surface area contributed by atoms with E-state index in [9.17, 15) is 4.79 Å². The molecule has 0 spiro atoms. The van der Waals surface area contributed by atoms with Crippen molar-refractivity contribution < 1.29 is 4.79 Å². The van der Waals surface area contributed by atoms with Crippen molar-refractivity contribution in [2.24, 2.45) is 5.92 Å². The molecular weight excluding hydrogens is 256 g/mol. The Kier molecular flexibility index (Phi) is 4.27. The number of hydrogen-bond donors (Lipinski definition) is 1. The summed E-state index contributed by atoms with van der Waals surface area (Å²) in [6.07, 6.45) is 0.525. The monoisotopic (exact) mass is 270 g/mol.